The van der Waals surface area contributed by atoms with Crippen molar-refractivity contribution in [3.63, 3.8) is 0 Å². The zero-order valence-electron chi connectivity index (χ0n) is 10.3. The topological polar surface area (TPSA) is 19.4 Å². The predicted octanol–water partition coefficient (Wildman–Crippen LogP) is 2.57. The molecule has 0 aliphatic carbocycles. The molecule has 18 heavy (non-hydrogen) atoms. The van der Waals surface area contributed by atoms with Gasteiger partial charge >= 0.3 is 0 Å². The molecule has 0 aromatic carbocycles. The zero-order chi connectivity index (χ0) is 12.2. The molecule has 1 saturated heterocycles. The Morgan fingerprint density at radius 1 is 1.11 bits per heavy atom. The van der Waals surface area contributed by atoms with Gasteiger partial charge in [0.25, 0.3) is 0 Å². The van der Waals surface area contributed by atoms with Crippen molar-refractivity contribution in [3.05, 3.63) is 34.0 Å². The van der Waals surface area contributed by atoms with E-state index in [1.807, 2.05) is 17.5 Å². The SMILES string of the molecule is c1csc(CCN2CCN(c3nccs3)CC2)c1. The van der Waals surface area contributed by atoms with E-state index in [0.29, 0.717) is 0 Å². The predicted molar refractivity (Wildman–Crippen MR) is 78.8 cm³/mol. The van der Waals surface area contributed by atoms with Crippen molar-refractivity contribution < 1.29 is 0 Å². The Morgan fingerprint density at radius 2 is 2.00 bits per heavy atom. The van der Waals surface area contributed by atoms with Crippen LogP contribution in [0.1, 0.15) is 4.88 Å². The molecule has 3 nitrogen and oxygen atoms in total. The van der Waals surface area contributed by atoms with E-state index in [1.165, 1.54) is 23.0 Å². The van der Waals surface area contributed by atoms with E-state index in [4.69, 9.17) is 0 Å². The third-order valence-corrected chi connectivity index (χ3v) is 5.09. The van der Waals surface area contributed by atoms with Gasteiger partial charge in [0.1, 0.15) is 0 Å². The number of piperazine rings is 1. The van der Waals surface area contributed by atoms with Crippen molar-refractivity contribution in [3.8, 4) is 0 Å². The third-order valence-electron chi connectivity index (χ3n) is 3.32. The monoisotopic (exact) mass is 279 g/mol. The molecule has 96 valence electrons. The standard InChI is InChI=1S/C13H17N3S2/c1-2-12(17-10-1)3-5-15-6-8-16(9-7-15)13-14-4-11-18-13/h1-2,4,10-11H,3,5-9H2. The van der Waals surface area contributed by atoms with Crippen LogP contribution in [0, 0.1) is 0 Å². The van der Waals surface area contributed by atoms with E-state index in [0.717, 1.165) is 26.2 Å². The van der Waals surface area contributed by atoms with Gasteiger partial charge in [0.2, 0.25) is 0 Å². The third kappa shape index (κ3) is 2.91. The maximum absolute atomic E-state index is 4.38. The summed E-state index contributed by atoms with van der Waals surface area (Å²) < 4.78 is 0. The van der Waals surface area contributed by atoms with E-state index in [-0.39, 0.29) is 0 Å². The van der Waals surface area contributed by atoms with Crippen LogP contribution in [0.15, 0.2) is 29.1 Å². The van der Waals surface area contributed by atoms with E-state index in [9.17, 15) is 0 Å². The number of thiazole rings is 1. The van der Waals surface area contributed by atoms with Crippen LogP contribution in [0.4, 0.5) is 5.13 Å². The molecule has 1 aliphatic rings. The average Bonchev–Trinajstić information content (AvgIpc) is 3.10. The van der Waals surface area contributed by atoms with Gasteiger partial charge in [0, 0.05) is 49.2 Å². The van der Waals surface area contributed by atoms with E-state index in [2.05, 4.69) is 37.7 Å². The second-order valence-corrected chi connectivity index (χ2v) is 6.38. The van der Waals surface area contributed by atoms with Crippen LogP contribution in [0.3, 0.4) is 0 Å². The van der Waals surface area contributed by atoms with Crippen LogP contribution >= 0.6 is 22.7 Å². The molecule has 0 amide bonds. The van der Waals surface area contributed by atoms with Crippen molar-refractivity contribution in [1.82, 2.24) is 9.88 Å². The molecule has 0 spiro atoms. The highest BCUT2D eigenvalue weighted by Crippen LogP contribution is 2.19. The smallest absolute Gasteiger partial charge is 0.185 e. The normalized spacial score (nSPS) is 17.2. The summed E-state index contributed by atoms with van der Waals surface area (Å²) in [5.41, 5.74) is 0. The fourth-order valence-corrected chi connectivity index (χ4v) is 3.65. The molecule has 0 saturated carbocycles. The Kier molecular flexibility index (Phi) is 3.93. The lowest BCUT2D eigenvalue weighted by Gasteiger charge is -2.34. The summed E-state index contributed by atoms with van der Waals surface area (Å²) in [5, 5.41) is 5.39. The molecule has 1 fully saturated rings. The first kappa shape index (κ1) is 12.1. The molecule has 0 unspecified atom stereocenters. The van der Waals surface area contributed by atoms with Crippen molar-refractivity contribution >= 4 is 27.8 Å². The van der Waals surface area contributed by atoms with Crippen molar-refractivity contribution in [2.45, 2.75) is 6.42 Å². The largest absolute Gasteiger partial charge is 0.346 e. The highest BCUT2D eigenvalue weighted by atomic mass is 32.1. The van der Waals surface area contributed by atoms with Gasteiger partial charge in [-0.15, -0.1) is 22.7 Å². The average molecular weight is 279 g/mol. The van der Waals surface area contributed by atoms with Gasteiger partial charge in [-0.3, -0.25) is 4.90 Å². The molecule has 2 aromatic heterocycles. The fraction of sp³-hybridized carbons (Fsp3) is 0.462. The summed E-state index contributed by atoms with van der Waals surface area (Å²) in [7, 11) is 0. The number of anilines is 1. The maximum atomic E-state index is 4.38. The Balaban J connectivity index is 1.45. The molecule has 0 radical (unpaired) electrons. The van der Waals surface area contributed by atoms with Crippen LogP contribution in [-0.2, 0) is 6.42 Å². The first-order valence-electron chi connectivity index (χ1n) is 6.31. The Bertz CT molecular complexity index is 445. The second-order valence-electron chi connectivity index (χ2n) is 4.47. The first-order valence-corrected chi connectivity index (χ1v) is 8.07. The number of thiophene rings is 1. The highest BCUT2D eigenvalue weighted by Gasteiger charge is 2.18. The number of hydrogen-bond acceptors (Lipinski definition) is 5. The summed E-state index contributed by atoms with van der Waals surface area (Å²) in [6.07, 6.45) is 3.08. The van der Waals surface area contributed by atoms with Crippen LogP contribution < -0.4 is 4.90 Å². The molecule has 5 heteroatoms. The van der Waals surface area contributed by atoms with Crippen LogP contribution in [0.5, 0.6) is 0 Å². The summed E-state index contributed by atoms with van der Waals surface area (Å²) >= 11 is 3.60. The van der Waals surface area contributed by atoms with Gasteiger partial charge in [0.15, 0.2) is 5.13 Å². The lowest BCUT2D eigenvalue weighted by atomic mass is 10.3. The minimum atomic E-state index is 1.11. The minimum absolute atomic E-state index is 1.11. The van der Waals surface area contributed by atoms with Gasteiger partial charge in [-0.2, -0.15) is 0 Å². The van der Waals surface area contributed by atoms with Crippen molar-refractivity contribution in [2.75, 3.05) is 37.6 Å². The number of hydrogen-bond donors (Lipinski definition) is 0. The van der Waals surface area contributed by atoms with Crippen molar-refractivity contribution in [2.24, 2.45) is 0 Å². The summed E-state index contributed by atoms with van der Waals surface area (Å²) in [6.45, 7) is 5.72. The summed E-state index contributed by atoms with van der Waals surface area (Å²) in [6, 6.07) is 4.37. The fourth-order valence-electron chi connectivity index (χ4n) is 2.26. The Morgan fingerprint density at radius 3 is 2.67 bits per heavy atom. The van der Waals surface area contributed by atoms with Crippen molar-refractivity contribution in [1.29, 1.82) is 0 Å². The van der Waals surface area contributed by atoms with Gasteiger partial charge in [-0.25, -0.2) is 4.98 Å². The minimum Gasteiger partial charge on any atom is -0.346 e. The Labute approximate surface area is 116 Å². The first-order chi connectivity index (χ1) is 8.92. The van der Waals surface area contributed by atoms with Gasteiger partial charge in [0.05, 0.1) is 0 Å². The molecule has 1 aliphatic heterocycles. The number of rotatable bonds is 4. The summed E-state index contributed by atoms with van der Waals surface area (Å²) in [4.78, 5) is 10.8. The molecule has 3 rings (SSSR count). The number of nitrogens with zero attached hydrogens (tertiary/aromatic N) is 3. The molecule has 3 heterocycles. The lowest BCUT2D eigenvalue weighted by molar-refractivity contribution is 0.261. The molecular formula is C13H17N3S2. The maximum Gasteiger partial charge on any atom is 0.185 e. The lowest BCUT2D eigenvalue weighted by Crippen LogP contribution is -2.46. The van der Waals surface area contributed by atoms with E-state index in [1.54, 1.807) is 11.3 Å². The molecular weight excluding hydrogens is 262 g/mol. The molecule has 0 N–H and O–H groups in total. The van der Waals surface area contributed by atoms with Gasteiger partial charge in [-0.1, -0.05) is 6.07 Å². The molecule has 0 atom stereocenters. The van der Waals surface area contributed by atoms with Crippen LogP contribution in [0.25, 0.3) is 0 Å². The molecule has 2 aromatic rings. The summed E-state index contributed by atoms with van der Waals surface area (Å²) in [5.74, 6) is 0. The Hall–Kier alpha value is -0.910. The zero-order valence-corrected chi connectivity index (χ0v) is 11.9. The van der Waals surface area contributed by atoms with Crippen LogP contribution in [0.2, 0.25) is 0 Å². The molecule has 0 bridgehead atoms. The highest BCUT2D eigenvalue weighted by molar-refractivity contribution is 7.13. The van der Waals surface area contributed by atoms with Gasteiger partial charge < -0.3 is 4.90 Å². The number of aromatic nitrogens is 1. The van der Waals surface area contributed by atoms with E-state index >= 15 is 0 Å². The van der Waals surface area contributed by atoms with Crippen LogP contribution in [-0.4, -0.2) is 42.6 Å². The second kappa shape index (κ2) is 5.82. The van der Waals surface area contributed by atoms with E-state index < -0.39 is 0 Å². The van der Waals surface area contributed by atoms with Gasteiger partial charge in [-0.05, 0) is 17.9 Å². The quantitative estimate of drug-likeness (QED) is 0.857.